The van der Waals surface area contributed by atoms with Crippen molar-refractivity contribution in [2.24, 2.45) is 5.92 Å². The Morgan fingerprint density at radius 2 is 1.79 bits per heavy atom. The van der Waals surface area contributed by atoms with E-state index in [-0.39, 0.29) is 11.8 Å². The molecule has 0 aromatic carbocycles. The van der Waals surface area contributed by atoms with Gasteiger partial charge in [-0.1, -0.05) is 20.8 Å². The van der Waals surface area contributed by atoms with Crippen LogP contribution in [0.4, 0.5) is 0 Å². The second-order valence-electron chi connectivity index (χ2n) is 7.78. The Labute approximate surface area is 174 Å². The quantitative estimate of drug-likeness (QED) is 0.561. The van der Waals surface area contributed by atoms with Gasteiger partial charge in [-0.15, -0.1) is 0 Å². The fourth-order valence-corrected chi connectivity index (χ4v) is 3.40. The van der Waals surface area contributed by atoms with Crippen LogP contribution in [0.5, 0.6) is 0 Å². The summed E-state index contributed by atoms with van der Waals surface area (Å²) in [5.41, 5.74) is 1.06. The van der Waals surface area contributed by atoms with Crippen LogP contribution < -0.4 is 0 Å². The molecule has 2 heterocycles. The largest absolute Gasteiger partial charge is 0.454 e. The molecule has 0 saturated carbocycles. The van der Waals surface area contributed by atoms with Crippen molar-refractivity contribution in [1.29, 1.82) is 0 Å². The molecule has 0 aliphatic carbocycles. The van der Waals surface area contributed by atoms with Gasteiger partial charge in [0.15, 0.2) is 5.76 Å². The first kappa shape index (κ1) is 22.8. The maximum Gasteiger partial charge on any atom is 0.289 e. The van der Waals surface area contributed by atoms with Crippen LogP contribution in [0.15, 0.2) is 34.9 Å². The molecular formula is C23H35N3O3. The van der Waals surface area contributed by atoms with Crippen molar-refractivity contribution in [3.63, 3.8) is 0 Å². The standard InChI is InChI=1S/C23H35N3O3/c1-6-13-26(22(27)15-18(4)5)16-19-10-9-14-25(19)17-20-11-12-21(29-20)23(28)24(7-2)8-3/h9-12,14,18H,6-8,13,15-17H2,1-5H3. The molecule has 2 aromatic rings. The van der Waals surface area contributed by atoms with Crippen LogP contribution >= 0.6 is 0 Å². The van der Waals surface area contributed by atoms with E-state index in [0.29, 0.717) is 44.3 Å². The van der Waals surface area contributed by atoms with E-state index in [1.165, 1.54) is 0 Å². The van der Waals surface area contributed by atoms with Gasteiger partial charge in [0.25, 0.3) is 5.91 Å². The fourth-order valence-electron chi connectivity index (χ4n) is 3.40. The first-order chi connectivity index (χ1) is 13.9. The molecule has 0 aliphatic heterocycles. The van der Waals surface area contributed by atoms with Crippen molar-refractivity contribution in [3.8, 4) is 0 Å². The lowest BCUT2D eigenvalue weighted by Crippen LogP contribution is -2.32. The van der Waals surface area contributed by atoms with E-state index >= 15 is 0 Å². The molecule has 0 radical (unpaired) electrons. The Morgan fingerprint density at radius 1 is 1.07 bits per heavy atom. The summed E-state index contributed by atoms with van der Waals surface area (Å²) in [5, 5.41) is 0. The third-order valence-corrected chi connectivity index (χ3v) is 4.95. The monoisotopic (exact) mass is 401 g/mol. The molecule has 160 valence electrons. The molecule has 6 nitrogen and oxygen atoms in total. The minimum Gasteiger partial charge on any atom is -0.454 e. The highest BCUT2D eigenvalue weighted by molar-refractivity contribution is 5.91. The Kier molecular flexibility index (Phi) is 8.55. The number of amides is 2. The van der Waals surface area contributed by atoms with Gasteiger partial charge >= 0.3 is 0 Å². The van der Waals surface area contributed by atoms with Crippen LogP contribution in [-0.2, 0) is 17.9 Å². The van der Waals surface area contributed by atoms with Crippen LogP contribution in [-0.4, -0.2) is 45.8 Å². The Bertz CT molecular complexity index is 787. The van der Waals surface area contributed by atoms with Gasteiger partial charge in [-0.2, -0.15) is 0 Å². The zero-order valence-corrected chi connectivity index (χ0v) is 18.5. The zero-order valence-electron chi connectivity index (χ0n) is 18.5. The minimum absolute atomic E-state index is 0.0811. The van der Waals surface area contributed by atoms with Gasteiger partial charge in [-0.05, 0) is 50.5 Å². The van der Waals surface area contributed by atoms with Gasteiger partial charge in [0.2, 0.25) is 5.91 Å². The Balaban J connectivity index is 2.10. The molecule has 2 amide bonds. The van der Waals surface area contributed by atoms with E-state index in [9.17, 15) is 9.59 Å². The predicted molar refractivity (Wildman–Crippen MR) is 115 cm³/mol. The van der Waals surface area contributed by atoms with Gasteiger partial charge in [-0.3, -0.25) is 9.59 Å². The smallest absolute Gasteiger partial charge is 0.289 e. The number of carbonyl (C=O) groups is 2. The molecule has 0 aliphatic rings. The lowest BCUT2D eigenvalue weighted by molar-refractivity contribution is -0.132. The third kappa shape index (κ3) is 6.24. The van der Waals surface area contributed by atoms with Gasteiger partial charge < -0.3 is 18.8 Å². The van der Waals surface area contributed by atoms with Crippen LogP contribution in [0, 0.1) is 5.92 Å². The first-order valence-electron chi connectivity index (χ1n) is 10.7. The molecule has 0 spiro atoms. The van der Waals surface area contributed by atoms with Gasteiger partial charge in [-0.25, -0.2) is 0 Å². The van der Waals surface area contributed by atoms with Crippen LogP contribution in [0.1, 0.15) is 69.5 Å². The fraction of sp³-hybridized carbons (Fsp3) is 0.565. The Morgan fingerprint density at radius 3 is 2.41 bits per heavy atom. The second kappa shape index (κ2) is 10.9. The van der Waals surface area contributed by atoms with Gasteiger partial charge in [0.1, 0.15) is 5.76 Å². The van der Waals surface area contributed by atoms with Crippen molar-refractivity contribution in [2.45, 2.75) is 60.5 Å². The van der Waals surface area contributed by atoms with E-state index in [1.54, 1.807) is 11.0 Å². The Hall–Kier alpha value is -2.50. The molecule has 0 bridgehead atoms. The molecule has 2 rings (SSSR count). The highest BCUT2D eigenvalue weighted by Crippen LogP contribution is 2.16. The topological polar surface area (TPSA) is 58.7 Å². The highest BCUT2D eigenvalue weighted by Gasteiger charge is 2.18. The van der Waals surface area contributed by atoms with Crippen molar-refractivity contribution < 1.29 is 14.0 Å². The molecule has 0 fully saturated rings. The molecular weight excluding hydrogens is 366 g/mol. The van der Waals surface area contributed by atoms with E-state index < -0.39 is 0 Å². The molecule has 29 heavy (non-hydrogen) atoms. The molecule has 0 saturated heterocycles. The normalized spacial score (nSPS) is 11.1. The summed E-state index contributed by atoms with van der Waals surface area (Å²) in [4.78, 5) is 28.7. The summed E-state index contributed by atoms with van der Waals surface area (Å²) in [6.07, 6.45) is 3.48. The third-order valence-electron chi connectivity index (χ3n) is 4.95. The maximum atomic E-state index is 12.6. The summed E-state index contributed by atoms with van der Waals surface area (Å²) in [6.45, 7) is 13.3. The van der Waals surface area contributed by atoms with Crippen molar-refractivity contribution in [3.05, 3.63) is 47.7 Å². The number of aromatic nitrogens is 1. The summed E-state index contributed by atoms with van der Waals surface area (Å²) in [6, 6.07) is 7.62. The lowest BCUT2D eigenvalue weighted by atomic mass is 10.1. The second-order valence-corrected chi connectivity index (χ2v) is 7.78. The number of rotatable bonds is 11. The summed E-state index contributed by atoms with van der Waals surface area (Å²) in [7, 11) is 0. The molecule has 0 N–H and O–H groups in total. The van der Waals surface area contributed by atoms with E-state index in [4.69, 9.17) is 4.42 Å². The zero-order chi connectivity index (χ0) is 21.4. The lowest BCUT2D eigenvalue weighted by Gasteiger charge is -2.24. The van der Waals surface area contributed by atoms with Crippen LogP contribution in [0.2, 0.25) is 0 Å². The molecule has 6 heteroatoms. The number of furan rings is 1. The number of hydrogen-bond donors (Lipinski definition) is 0. The molecule has 0 unspecified atom stereocenters. The summed E-state index contributed by atoms with van der Waals surface area (Å²) in [5.74, 6) is 1.56. The SMILES string of the molecule is CCCN(Cc1cccn1Cc1ccc(C(=O)N(CC)CC)o1)C(=O)CC(C)C. The van der Waals surface area contributed by atoms with Crippen LogP contribution in [0.25, 0.3) is 0 Å². The van der Waals surface area contributed by atoms with Gasteiger partial charge in [0.05, 0.1) is 13.1 Å². The van der Waals surface area contributed by atoms with E-state index in [2.05, 4.69) is 25.3 Å². The molecule has 0 atom stereocenters. The summed E-state index contributed by atoms with van der Waals surface area (Å²) >= 11 is 0. The van der Waals surface area contributed by atoms with Crippen LogP contribution in [0.3, 0.4) is 0 Å². The van der Waals surface area contributed by atoms with E-state index in [0.717, 1.165) is 24.4 Å². The summed E-state index contributed by atoms with van der Waals surface area (Å²) < 4.78 is 7.90. The van der Waals surface area contributed by atoms with Crippen molar-refractivity contribution in [1.82, 2.24) is 14.4 Å². The average molecular weight is 402 g/mol. The predicted octanol–water partition coefficient (Wildman–Crippen LogP) is 4.40. The van der Waals surface area contributed by atoms with Gasteiger partial charge in [0, 0.05) is 37.9 Å². The number of hydrogen-bond acceptors (Lipinski definition) is 3. The van der Waals surface area contributed by atoms with E-state index in [1.807, 2.05) is 43.1 Å². The minimum atomic E-state index is -0.0811. The average Bonchev–Trinajstić information content (AvgIpc) is 3.32. The molecule has 2 aromatic heterocycles. The first-order valence-corrected chi connectivity index (χ1v) is 10.7. The number of nitrogens with zero attached hydrogens (tertiary/aromatic N) is 3. The maximum absolute atomic E-state index is 12.6. The van der Waals surface area contributed by atoms with Crippen molar-refractivity contribution >= 4 is 11.8 Å². The number of carbonyl (C=O) groups excluding carboxylic acids is 2. The van der Waals surface area contributed by atoms with Crippen molar-refractivity contribution in [2.75, 3.05) is 19.6 Å². The highest BCUT2D eigenvalue weighted by atomic mass is 16.4.